The molecule has 2 N–H and O–H groups in total. The molecule has 0 aliphatic carbocycles. The summed E-state index contributed by atoms with van der Waals surface area (Å²) in [5.74, 6) is -0.447. The van der Waals surface area contributed by atoms with E-state index in [0.29, 0.717) is 5.56 Å². The molecular weight excluding hydrogens is 194 g/mol. The molecule has 1 aromatic rings. The Kier molecular flexibility index (Phi) is 3.62. The predicted molar refractivity (Wildman–Crippen MR) is 56.4 cm³/mol. The van der Waals surface area contributed by atoms with E-state index in [1.807, 2.05) is 7.05 Å². The fourth-order valence-electron chi connectivity index (χ4n) is 1.33. The van der Waals surface area contributed by atoms with Crippen molar-refractivity contribution < 1.29 is 9.59 Å². The molecule has 1 amide bonds. The smallest absolute Gasteiger partial charge is 0.231 e. The predicted octanol–water partition coefficient (Wildman–Crippen LogP) is -0.375. The summed E-state index contributed by atoms with van der Waals surface area (Å²) in [5.41, 5.74) is 5.66. The number of hydrogen-bond donors (Lipinski definition) is 1. The summed E-state index contributed by atoms with van der Waals surface area (Å²) in [6, 6.07) is 1.75. The lowest BCUT2D eigenvalue weighted by Crippen LogP contribution is -2.34. The van der Waals surface area contributed by atoms with Gasteiger partial charge in [0.15, 0.2) is 5.78 Å². The molecule has 1 rings (SSSR count). The van der Waals surface area contributed by atoms with Crippen molar-refractivity contribution in [2.24, 2.45) is 12.8 Å². The van der Waals surface area contributed by atoms with Crippen molar-refractivity contribution in [1.82, 2.24) is 9.47 Å². The van der Waals surface area contributed by atoms with Gasteiger partial charge in [-0.1, -0.05) is 0 Å². The Bertz CT molecular complexity index is 370. The van der Waals surface area contributed by atoms with E-state index < -0.39 is 5.91 Å². The quantitative estimate of drug-likeness (QED) is 0.672. The molecule has 5 heteroatoms. The van der Waals surface area contributed by atoms with Gasteiger partial charge in [-0.05, 0) is 13.1 Å². The van der Waals surface area contributed by atoms with Gasteiger partial charge in [0.2, 0.25) is 5.91 Å². The Morgan fingerprint density at radius 2 is 2.13 bits per heavy atom. The number of rotatable bonds is 5. The number of nitrogens with zero attached hydrogens (tertiary/aromatic N) is 2. The third-order valence-corrected chi connectivity index (χ3v) is 1.99. The van der Waals surface area contributed by atoms with Crippen molar-refractivity contribution in [3.8, 4) is 0 Å². The number of hydrogen-bond acceptors (Lipinski definition) is 3. The molecule has 0 saturated carbocycles. The number of carbonyl (C=O) groups excluding carboxylic acids is 2. The molecule has 0 atom stereocenters. The Morgan fingerprint density at radius 1 is 1.47 bits per heavy atom. The maximum absolute atomic E-state index is 11.6. The maximum atomic E-state index is 11.6. The Labute approximate surface area is 88.5 Å². The Hall–Kier alpha value is -1.62. The molecule has 0 fully saturated rings. The van der Waals surface area contributed by atoms with Gasteiger partial charge in [-0.15, -0.1) is 0 Å². The first kappa shape index (κ1) is 11.5. The molecule has 0 aromatic carbocycles. The molecule has 1 heterocycles. The monoisotopic (exact) mass is 209 g/mol. The molecule has 1 aromatic heterocycles. The minimum Gasteiger partial charge on any atom is -0.369 e. The number of aryl methyl sites for hydroxylation is 1. The van der Waals surface area contributed by atoms with Gasteiger partial charge in [0.1, 0.15) is 0 Å². The zero-order valence-electron chi connectivity index (χ0n) is 8.93. The zero-order chi connectivity index (χ0) is 11.4. The van der Waals surface area contributed by atoms with Crippen LogP contribution in [0.25, 0.3) is 0 Å². The van der Waals surface area contributed by atoms with Crippen LogP contribution in [0.15, 0.2) is 18.5 Å². The van der Waals surface area contributed by atoms with Gasteiger partial charge in [0.05, 0.1) is 13.1 Å². The highest BCUT2D eigenvalue weighted by molar-refractivity contribution is 5.97. The van der Waals surface area contributed by atoms with Crippen molar-refractivity contribution in [2.75, 3.05) is 20.1 Å². The van der Waals surface area contributed by atoms with E-state index >= 15 is 0 Å². The van der Waals surface area contributed by atoms with Crippen molar-refractivity contribution in [3.63, 3.8) is 0 Å². The fraction of sp³-hybridized carbons (Fsp3) is 0.400. The average Bonchev–Trinajstić information content (AvgIpc) is 2.49. The van der Waals surface area contributed by atoms with Gasteiger partial charge < -0.3 is 10.3 Å². The molecule has 15 heavy (non-hydrogen) atoms. The van der Waals surface area contributed by atoms with Gasteiger partial charge in [0, 0.05) is 25.0 Å². The summed E-state index contributed by atoms with van der Waals surface area (Å²) in [5, 5.41) is 0. The van der Waals surface area contributed by atoms with Crippen LogP contribution < -0.4 is 5.73 Å². The number of primary amides is 1. The second-order valence-corrected chi connectivity index (χ2v) is 3.63. The molecule has 0 radical (unpaired) electrons. The number of nitrogens with two attached hydrogens (primary N) is 1. The van der Waals surface area contributed by atoms with E-state index in [9.17, 15) is 9.59 Å². The molecule has 5 nitrogen and oxygen atoms in total. The number of aromatic nitrogens is 1. The van der Waals surface area contributed by atoms with Gasteiger partial charge in [0.25, 0.3) is 0 Å². The van der Waals surface area contributed by atoms with Crippen LogP contribution >= 0.6 is 0 Å². The number of likely N-dealkylation sites (N-methyl/N-ethyl adjacent to an activating group) is 1. The fourth-order valence-corrected chi connectivity index (χ4v) is 1.33. The molecule has 0 bridgehead atoms. The normalized spacial score (nSPS) is 10.6. The van der Waals surface area contributed by atoms with Gasteiger partial charge in [-0.3, -0.25) is 14.5 Å². The van der Waals surface area contributed by atoms with Crippen LogP contribution in [0, 0.1) is 0 Å². The van der Waals surface area contributed by atoms with E-state index in [-0.39, 0.29) is 18.9 Å². The average molecular weight is 209 g/mol. The SMILES string of the molecule is CN(CC(N)=O)CC(=O)c1ccn(C)c1. The van der Waals surface area contributed by atoms with Crippen LogP contribution in [-0.4, -0.2) is 41.3 Å². The summed E-state index contributed by atoms with van der Waals surface area (Å²) < 4.78 is 1.81. The highest BCUT2D eigenvalue weighted by atomic mass is 16.1. The minimum absolute atomic E-state index is 0.0145. The van der Waals surface area contributed by atoms with Crippen LogP contribution in [0.1, 0.15) is 10.4 Å². The number of carbonyl (C=O) groups is 2. The Morgan fingerprint density at radius 3 is 2.60 bits per heavy atom. The third kappa shape index (κ3) is 3.55. The van der Waals surface area contributed by atoms with Crippen LogP contribution in [0.4, 0.5) is 0 Å². The van der Waals surface area contributed by atoms with Crippen LogP contribution in [0.2, 0.25) is 0 Å². The molecular formula is C10H15N3O2. The first-order chi connectivity index (χ1) is 6.99. The molecule has 0 aliphatic heterocycles. The van der Waals surface area contributed by atoms with E-state index in [1.165, 1.54) is 0 Å². The largest absolute Gasteiger partial charge is 0.369 e. The lowest BCUT2D eigenvalue weighted by atomic mass is 10.2. The molecule has 0 unspecified atom stereocenters. The number of ketones is 1. The summed E-state index contributed by atoms with van der Waals surface area (Å²) >= 11 is 0. The molecule has 0 spiro atoms. The minimum atomic E-state index is -0.432. The zero-order valence-corrected chi connectivity index (χ0v) is 8.93. The third-order valence-electron chi connectivity index (χ3n) is 1.99. The van der Waals surface area contributed by atoms with E-state index in [0.717, 1.165) is 0 Å². The maximum Gasteiger partial charge on any atom is 0.231 e. The Balaban J connectivity index is 2.52. The summed E-state index contributed by atoms with van der Waals surface area (Å²) in [6.45, 7) is 0.297. The molecule has 0 aliphatic rings. The highest BCUT2D eigenvalue weighted by Crippen LogP contribution is 2.01. The van der Waals surface area contributed by atoms with E-state index in [4.69, 9.17) is 5.73 Å². The van der Waals surface area contributed by atoms with Crippen LogP contribution in [0.3, 0.4) is 0 Å². The topological polar surface area (TPSA) is 68.3 Å². The lowest BCUT2D eigenvalue weighted by molar-refractivity contribution is -0.118. The second-order valence-electron chi connectivity index (χ2n) is 3.63. The van der Waals surface area contributed by atoms with Crippen LogP contribution in [0.5, 0.6) is 0 Å². The lowest BCUT2D eigenvalue weighted by Gasteiger charge is -2.12. The summed E-state index contributed by atoms with van der Waals surface area (Å²) in [7, 11) is 3.54. The van der Waals surface area contributed by atoms with Crippen molar-refractivity contribution >= 4 is 11.7 Å². The molecule has 0 saturated heterocycles. The van der Waals surface area contributed by atoms with Crippen molar-refractivity contribution in [3.05, 3.63) is 24.0 Å². The number of amides is 1. The van der Waals surface area contributed by atoms with E-state index in [1.54, 1.807) is 35.0 Å². The summed E-state index contributed by atoms with van der Waals surface area (Å²) in [6.07, 6.45) is 3.56. The van der Waals surface area contributed by atoms with E-state index in [2.05, 4.69) is 0 Å². The first-order valence-electron chi connectivity index (χ1n) is 4.61. The van der Waals surface area contributed by atoms with Gasteiger partial charge >= 0.3 is 0 Å². The van der Waals surface area contributed by atoms with Gasteiger partial charge in [-0.25, -0.2) is 0 Å². The summed E-state index contributed by atoms with van der Waals surface area (Å²) in [4.78, 5) is 23.8. The molecule has 82 valence electrons. The van der Waals surface area contributed by atoms with Crippen LogP contribution in [-0.2, 0) is 11.8 Å². The van der Waals surface area contributed by atoms with Crippen molar-refractivity contribution in [2.45, 2.75) is 0 Å². The number of Topliss-reactive ketones (excluding diaryl/α,β-unsaturated/α-hetero) is 1. The standard InChI is InChI=1S/C10H15N3O2/c1-12-4-3-8(5-12)9(14)6-13(2)7-10(11)15/h3-5H,6-7H2,1-2H3,(H2,11,15). The first-order valence-corrected chi connectivity index (χ1v) is 4.61. The highest BCUT2D eigenvalue weighted by Gasteiger charge is 2.11. The van der Waals surface area contributed by atoms with Gasteiger partial charge in [-0.2, -0.15) is 0 Å². The van der Waals surface area contributed by atoms with Crippen molar-refractivity contribution in [1.29, 1.82) is 0 Å². The second kappa shape index (κ2) is 4.75.